The first-order valence-corrected chi connectivity index (χ1v) is 7.51. The minimum Gasteiger partial charge on any atom is -0.486 e. The van der Waals surface area contributed by atoms with Crippen LogP contribution in [0.1, 0.15) is 39.0 Å². The Balaban J connectivity index is 2.16. The first-order valence-electron chi connectivity index (χ1n) is 7.51. The lowest BCUT2D eigenvalue weighted by molar-refractivity contribution is -0.121. The van der Waals surface area contributed by atoms with Crippen LogP contribution < -0.4 is 15.8 Å². The molecule has 1 atom stereocenters. The third kappa shape index (κ3) is 7.66. The molecule has 0 aliphatic heterocycles. The lowest BCUT2D eigenvalue weighted by atomic mass is 10.1. The van der Waals surface area contributed by atoms with E-state index in [4.69, 9.17) is 10.5 Å². The highest BCUT2D eigenvalue weighted by atomic mass is 19.1. The normalized spacial score (nSPS) is 12.0. The van der Waals surface area contributed by atoms with Crippen molar-refractivity contribution < 1.29 is 13.9 Å². The van der Waals surface area contributed by atoms with E-state index < -0.39 is 5.82 Å². The van der Waals surface area contributed by atoms with Crippen LogP contribution in [-0.4, -0.2) is 25.1 Å². The van der Waals surface area contributed by atoms with Gasteiger partial charge in [-0.05, 0) is 38.4 Å². The van der Waals surface area contributed by atoms with Crippen LogP contribution in [0, 0.1) is 5.82 Å². The Bertz CT molecular complexity index is 426. The summed E-state index contributed by atoms with van der Waals surface area (Å²) in [5, 5.41) is 2.80. The van der Waals surface area contributed by atoms with E-state index in [1.54, 1.807) is 25.1 Å². The maximum Gasteiger partial charge on any atom is 0.220 e. The van der Waals surface area contributed by atoms with Crippen molar-refractivity contribution in [1.82, 2.24) is 5.32 Å². The molecule has 4 nitrogen and oxygen atoms in total. The van der Waals surface area contributed by atoms with Crippen molar-refractivity contribution in [3.8, 4) is 5.75 Å². The smallest absolute Gasteiger partial charge is 0.220 e. The summed E-state index contributed by atoms with van der Waals surface area (Å²) in [6.07, 6.45) is 4.20. The van der Waals surface area contributed by atoms with Crippen molar-refractivity contribution in [3.05, 3.63) is 30.1 Å². The van der Waals surface area contributed by atoms with Gasteiger partial charge in [0.2, 0.25) is 5.91 Å². The zero-order valence-corrected chi connectivity index (χ0v) is 12.6. The molecule has 118 valence electrons. The van der Waals surface area contributed by atoms with Crippen LogP contribution in [0.25, 0.3) is 0 Å². The Hall–Kier alpha value is -1.62. The summed E-state index contributed by atoms with van der Waals surface area (Å²) in [5.41, 5.74) is 5.41. The van der Waals surface area contributed by atoms with Gasteiger partial charge in [0.05, 0.1) is 6.54 Å². The van der Waals surface area contributed by atoms with Gasteiger partial charge in [0.15, 0.2) is 11.6 Å². The SMILES string of the molecule is CC(CNC(=O)CCCCCCN)Oc1ccccc1F. The molecular weight excluding hydrogens is 271 g/mol. The standard InChI is InChI=1S/C16H25FN2O2/c1-13(21-15-9-6-5-8-14(15)17)12-19-16(20)10-4-2-3-7-11-18/h5-6,8-9,13H,2-4,7,10-12,18H2,1H3,(H,19,20). The van der Waals surface area contributed by atoms with Crippen LogP contribution in [0.3, 0.4) is 0 Å². The van der Waals surface area contributed by atoms with Gasteiger partial charge in [0.25, 0.3) is 0 Å². The van der Waals surface area contributed by atoms with E-state index in [1.807, 2.05) is 0 Å². The Morgan fingerprint density at radius 3 is 2.71 bits per heavy atom. The molecule has 0 aromatic heterocycles. The van der Waals surface area contributed by atoms with Gasteiger partial charge in [-0.2, -0.15) is 0 Å². The summed E-state index contributed by atoms with van der Waals surface area (Å²) in [6, 6.07) is 6.25. The lowest BCUT2D eigenvalue weighted by Crippen LogP contribution is -2.33. The minimum absolute atomic E-state index is 0.00623. The van der Waals surface area contributed by atoms with E-state index >= 15 is 0 Å². The fraction of sp³-hybridized carbons (Fsp3) is 0.562. The van der Waals surface area contributed by atoms with Crippen LogP contribution in [0.4, 0.5) is 4.39 Å². The number of unbranched alkanes of at least 4 members (excludes halogenated alkanes) is 3. The maximum absolute atomic E-state index is 13.4. The third-order valence-corrected chi connectivity index (χ3v) is 3.11. The van der Waals surface area contributed by atoms with E-state index in [1.165, 1.54) is 6.07 Å². The molecule has 0 spiro atoms. The molecule has 0 aliphatic carbocycles. The molecule has 3 N–H and O–H groups in total. The van der Waals surface area contributed by atoms with E-state index in [0.29, 0.717) is 19.5 Å². The van der Waals surface area contributed by atoms with Crippen molar-refractivity contribution >= 4 is 5.91 Å². The number of rotatable bonds is 10. The second-order valence-electron chi connectivity index (χ2n) is 5.12. The molecule has 0 bridgehead atoms. The molecular formula is C16H25FN2O2. The predicted molar refractivity (Wildman–Crippen MR) is 81.6 cm³/mol. The number of carbonyl (C=O) groups excluding carboxylic acids is 1. The van der Waals surface area contributed by atoms with Gasteiger partial charge in [-0.25, -0.2) is 4.39 Å². The number of para-hydroxylation sites is 1. The van der Waals surface area contributed by atoms with Gasteiger partial charge < -0.3 is 15.8 Å². The maximum atomic E-state index is 13.4. The summed E-state index contributed by atoms with van der Waals surface area (Å²) < 4.78 is 18.8. The number of benzene rings is 1. The Morgan fingerprint density at radius 2 is 2.00 bits per heavy atom. The quantitative estimate of drug-likeness (QED) is 0.652. The van der Waals surface area contributed by atoms with Gasteiger partial charge in [0, 0.05) is 6.42 Å². The molecule has 0 heterocycles. The fourth-order valence-electron chi connectivity index (χ4n) is 1.93. The molecule has 1 unspecified atom stereocenters. The second kappa shape index (κ2) is 10.2. The first-order chi connectivity index (χ1) is 10.1. The van der Waals surface area contributed by atoms with Crippen LogP contribution in [-0.2, 0) is 4.79 Å². The highest BCUT2D eigenvalue weighted by molar-refractivity contribution is 5.75. The molecule has 1 aromatic rings. The molecule has 1 rings (SSSR count). The molecule has 0 saturated heterocycles. The van der Waals surface area contributed by atoms with Crippen LogP contribution in [0.2, 0.25) is 0 Å². The number of hydrogen-bond acceptors (Lipinski definition) is 3. The number of ether oxygens (including phenoxy) is 1. The summed E-state index contributed by atoms with van der Waals surface area (Å²) in [4.78, 5) is 11.6. The van der Waals surface area contributed by atoms with Crippen molar-refractivity contribution in [2.45, 2.75) is 45.1 Å². The van der Waals surface area contributed by atoms with Gasteiger partial charge in [-0.15, -0.1) is 0 Å². The zero-order valence-electron chi connectivity index (χ0n) is 12.6. The van der Waals surface area contributed by atoms with Crippen molar-refractivity contribution in [2.75, 3.05) is 13.1 Å². The topological polar surface area (TPSA) is 64.4 Å². The highest BCUT2D eigenvalue weighted by Gasteiger charge is 2.09. The van der Waals surface area contributed by atoms with E-state index in [9.17, 15) is 9.18 Å². The van der Waals surface area contributed by atoms with E-state index in [0.717, 1.165) is 25.7 Å². The molecule has 0 aliphatic rings. The predicted octanol–water partition coefficient (Wildman–Crippen LogP) is 2.62. The number of nitrogens with one attached hydrogen (secondary N) is 1. The lowest BCUT2D eigenvalue weighted by Gasteiger charge is -2.15. The molecule has 0 fully saturated rings. The summed E-state index contributed by atoms with van der Waals surface area (Å²) >= 11 is 0. The largest absolute Gasteiger partial charge is 0.486 e. The van der Waals surface area contributed by atoms with E-state index in [-0.39, 0.29) is 17.8 Å². The Labute approximate surface area is 125 Å². The van der Waals surface area contributed by atoms with Crippen LogP contribution in [0.15, 0.2) is 24.3 Å². The first kappa shape index (κ1) is 17.4. The number of hydrogen-bond donors (Lipinski definition) is 2. The molecule has 1 aromatic carbocycles. The van der Waals surface area contributed by atoms with Crippen molar-refractivity contribution in [1.29, 1.82) is 0 Å². The Morgan fingerprint density at radius 1 is 1.29 bits per heavy atom. The zero-order chi connectivity index (χ0) is 15.5. The van der Waals surface area contributed by atoms with Crippen LogP contribution in [0.5, 0.6) is 5.75 Å². The highest BCUT2D eigenvalue weighted by Crippen LogP contribution is 2.16. The molecule has 1 amide bonds. The van der Waals surface area contributed by atoms with Gasteiger partial charge in [0.1, 0.15) is 6.10 Å². The molecule has 5 heteroatoms. The summed E-state index contributed by atoms with van der Waals surface area (Å²) in [7, 11) is 0. The second-order valence-corrected chi connectivity index (χ2v) is 5.12. The summed E-state index contributed by atoms with van der Waals surface area (Å²) in [5.74, 6) is -0.177. The third-order valence-electron chi connectivity index (χ3n) is 3.11. The monoisotopic (exact) mass is 296 g/mol. The minimum atomic E-state index is -0.393. The fourth-order valence-corrected chi connectivity index (χ4v) is 1.93. The number of nitrogens with two attached hydrogens (primary N) is 1. The Kier molecular flexibility index (Phi) is 8.43. The average Bonchev–Trinajstić information content (AvgIpc) is 2.47. The van der Waals surface area contributed by atoms with E-state index in [2.05, 4.69) is 5.32 Å². The number of carbonyl (C=O) groups is 1. The van der Waals surface area contributed by atoms with Gasteiger partial charge >= 0.3 is 0 Å². The molecule has 0 saturated carbocycles. The molecule has 21 heavy (non-hydrogen) atoms. The number of amides is 1. The van der Waals surface area contributed by atoms with Crippen molar-refractivity contribution in [2.24, 2.45) is 5.73 Å². The average molecular weight is 296 g/mol. The van der Waals surface area contributed by atoms with Crippen molar-refractivity contribution in [3.63, 3.8) is 0 Å². The summed E-state index contributed by atoms with van der Waals surface area (Å²) in [6.45, 7) is 2.88. The molecule has 0 radical (unpaired) electrons. The van der Waals surface area contributed by atoms with Gasteiger partial charge in [-0.3, -0.25) is 4.79 Å². The van der Waals surface area contributed by atoms with Crippen LogP contribution >= 0.6 is 0 Å². The van der Waals surface area contributed by atoms with Gasteiger partial charge in [-0.1, -0.05) is 25.0 Å². The number of halogens is 1.